The molecule has 0 spiro atoms. The van der Waals surface area contributed by atoms with Crippen molar-refractivity contribution in [3.8, 4) is 11.5 Å². The topological polar surface area (TPSA) is 42.0 Å². The second-order valence-electron chi connectivity index (χ2n) is 4.61. The van der Waals surface area contributed by atoms with Crippen LogP contribution in [0, 0.1) is 11.5 Å². The van der Waals surface area contributed by atoms with Gasteiger partial charge in [-0.1, -0.05) is 25.6 Å². The van der Waals surface area contributed by atoms with E-state index in [2.05, 4.69) is 41.4 Å². The smallest absolute Gasteiger partial charge is 0.222 e. The number of rotatable bonds is 1. The van der Waals surface area contributed by atoms with Gasteiger partial charge in [-0.15, -0.1) is 5.54 Å². The van der Waals surface area contributed by atoms with E-state index >= 15 is 0 Å². The monoisotopic (exact) mass is 232 g/mol. The lowest BCUT2D eigenvalue weighted by Gasteiger charge is -2.03. The second-order valence-corrected chi connectivity index (χ2v) is 9.36. The van der Waals surface area contributed by atoms with Crippen LogP contribution in [0.4, 0.5) is 5.82 Å². The molecule has 1 aromatic rings. The molecule has 0 bridgehead atoms. The number of aromatic nitrogens is 1. The molecule has 0 unspecified atom stereocenters. The number of anilines is 1. The maximum Gasteiger partial charge on any atom is 0.222 e. The van der Waals surface area contributed by atoms with E-state index in [0.717, 1.165) is 5.56 Å². The predicted octanol–water partition coefficient (Wildman–Crippen LogP) is 2.27. The summed E-state index contributed by atoms with van der Waals surface area (Å²) >= 11 is 0. The number of nitrogens with zero attached hydrogens (tertiary/aromatic N) is 1. The van der Waals surface area contributed by atoms with E-state index in [9.17, 15) is 4.79 Å². The normalized spacial score (nSPS) is 10.2. The molecular formula is C12H16N2OSi. The SMILES string of the molecule is CC(=O)Nc1ccc(C#C[Si](C)(C)C)cn1. The minimum absolute atomic E-state index is 0.117. The Hall–Kier alpha value is -1.60. The van der Waals surface area contributed by atoms with Crippen LogP contribution in [0.2, 0.25) is 19.6 Å². The number of carbonyl (C=O) groups excluding carboxylic acids is 1. The molecule has 16 heavy (non-hydrogen) atoms. The molecule has 1 heterocycles. The minimum atomic E-state index is -1.34. The molecule has 0 radical (unpaired) electrons. The highest BCUT2D eigenvalue weighted by molar-refractivity contribution is 6.83. The highest BCUT2D eigenvalue weighted by atomic mass is 28.3. The maximum atomic E-state index is 10.8. The fourth-order valence-electron chi connectivity index (χ4n) is 0.982. The van der Waals surface area contributed by atoms with Gasteiger partial charge in [-0.05, 0) is 12.1 Å². The van der Waals surface area contributed by atoms with Gasteiger partial charge in [0.2, 0.25) is 5.91 Å². The summed E-state index contributed by atoms with van der Waals surface area (Å²) in [6.45, 7) is 8.04. The van der Waals surface area contributed by atoms with Crippen LogP contribution < -0.4 is 5.32 Å². The van der Waals surface area contributed by atoms with Crippen molar-refractivity contribution in [2.45, 2.75) is 26.6 Å². The van der Waals surface area contributed by atoms with Gasteiger partial charge in [-0.2, -0.15) is 0 Å². The first-order valence-electron chi connectivity index (χ1n) is 5.14. The Kier molecular flexibility index (Phi) is 3.86. The fraction of sp³-hybridized carbons (Fsp3) is 0.333. The third-order valence-corrected chi connectivity index (χ3v) is 2.52. The standard InChI is InChI=1S/C12H16N2OSi/c1-10(15)14-12-6-5-11(9-13-12)7-8-16(2,3)4/h5-6,9H,1-4H3,(H,13,14,15). The lowest BCUT2D eigenvalue weighted by molar-refractivity contribution is -0.114. The summed E-state index contributed by atoms with van der Waals surface area (Å²) < 4.78 is 0. The molecule has 0 atom stereocenters. The maximum absolute atomic E-state index is 10.8. The first kappa shape index (κ1) is 12.5. The molecular weight excluding hydrogens is 216 g/mol. The Labute approximate surface area is 97.3 Å². The van der Waals surface area contributed by atoms with Gasteiger partial charge in [0.05, 0.1) is 0 Å². The van der Waals surface area contributed by atoms with Gasteiger partial charge in [-0.3, -0.25) is 4.79 Å². The second kappa shape index (κ2) is 4.95. The number of amides is 1. The average Bonchev–Trinajstić information content (AvgIpc) is 2.14. The van der Waals surface area contributed by atoms with Crippen molar-refractivity contribution in [1.29, 1.82) is 0 Å². The molecule has 0 aliphatic rings. The van der Waals surface area contributed by atoms with Crippen LogP contribution >= 0.6 is 0 Å². The molecule has 0 saturated carbocycles. The lowest BCUT2D eigenvalue weighted by Crippen LogP contribution is -2.16. The quantitative estimate of drug-likeness (QED) is 0.596. The Balaban J connectivity index is 2.78. The van der Waals surface area contributed by atoms with Gasteiger partial charge in [-0.25, -0.2) is 4.98 Å². The Bertz CT molecular complexity index is 435. The van der Waals surface area contributed by atoms with Gasteiger partial charge in [0.25, 0.3) is 0 Å². The van der Waals surface area contributed by atoms with Crippen molar-refractivity contribution >= 4 is 19.8 Å². The molecule has 3 nitrogen and oxygen atoms in total. The minimum Gasteiger partial charge on any atom is -0.311 e. The van der Waals surface area contributed by atoms with E-state index < -0.39 is 8.07 Å². The van der Waals surface area contributed by atoms with Gasteiger partial charge in [0, 0.05) is 18.7 Å². The van der Waals surface area contributed by atoms with E-state index in [1.807, 2.05) is 6.07 Å². The number of hydrogen-bond acceptors (Lipinski definition) is 2. The van der Waals surface area contributed by atoms with E-state index in [1.54, 1.807) is 12.3 Å². The zero-order chi connectivity index (χ0) is 12.2. The first-order valence-corrected chi connectivity index (χ1v) is 8.64. The Morgan fingerprint density at radius 3 is 2.50 bits per heavy atom. The summed E-state index contributed by atoms with van der Waals surface area (Å²) in [5, 5.41) is 2.61. The van der Waals surface area contributed by atoms with Crippen LogP contribution in [0.1, 0.15) is 12.5 Å². The molecule has 4 heteroatoms. The van der Waals surface area contributed by atoms with E-state index in [0.29, 0.717) is 5.82 Å². The average molecular weight is 232 g/mol. The van der Waals surface area contributed by atoms with Gasteiger partial charge < -0.3 is 5.32 Å². The molecule has 1 amide bonds. The summed E-state index contributed by atoms with van der Waals surface area (Å²) in [6, 6.07) is 3.63. The molecule has 0 aromatic carbocycles. The van der Waals surface area contributed by atoms with Crippen LogP contribution in [-0.2, 0) is 4.79 Å². The molecule has 1 rings (SSSR count). The van der Waals surface area contributed by atoms with Crippen LogP contribution in [0.25, 0.3) is 0 Å². The molecule has 84 valence electrons. The number of nitrogens with one attached hydrogen (secondary N) is 1. The Morgan fingerprint density at radius 2 is 2.06 bits per heavy atom. The van der Waals surface area contributed by atoms with Crippen LogP contribution in [0.3, 0.4) is 0 Å². The molecule has 0 saturated heterocycles. The number of pyridine rings is 1. The van der Waals surface area contributed by atoms with Crippen molar-refractivity contribution in [2.75, 3.05) is 5.32 Å². The molecule has 0 aliphatic carbocycles. The summed E-state index contributed by atoms with van der Waals surface area (Å²) in [7, 11) is -1.34. The number of carbonyl (C=O) groups is 1. The van der Waals surface area contributed by atoms with Crippen molar-refractivity contribution in [1.82, 2.24) is 4.98 Å². The van der Waals surface area contributed by atoms with Crippen molar-refractivity contribution in [2.24, 2.45) is 0 Å². The fourth-order valence-corrected chi connectivity index (χ4v) is 1.50. The molecule has 1 aromatic heterocycles. The highest BCUT2D eigenvalue weighted by Crippen LogP contribution is 2.04. The zero-order valence-electron chi connectivity index (χ0n) is 10.1. The van der Waals surface area contributed by atoms with Crippen molar-refractivity contribution < 1.29 is 4.79 Å². The van der Waals surface area contributed by atoms with Crippen LogP contribution in [0.15, 0.2) is 18.3 Å². The van der Waals surface area contributed by atoms with Crippen LogP contribution in [-0.4, -0.2) is 19.0 Å². The third kappa shape index (κ3) is 4.76. The summed E-state index contributed by atoms with van der Waals surface area (Å²) in [5.41, 5.74) is 4.15. The third-order valence-electron chi connectivity index (χ3n) is 1.65. The molecule has 0 aliphatic heterocycles. The summed E-state index contributed by atoms with van der Waals surface area (Å²) in [4.78, 5) is 14.9. The predicted molar refractivity (Wildman–Crippen MR) is 68.8 cm³/mol. The van der Waals surface area contributed by atoms with Crippen molar-refractivity contribution in [3.63, 3.8) is 0 Å². The Morgan fingerprint density at radius 1 is 1.38 bits per heavy atom. The highest BCUT2D eigenvalue weighted by Gasteiger charge is 2.07. The lowest BCUT2D eigenvalue weighted by atomic mass is 10.3. The summed E-state index contributed by atoms with van der Waals surface area (Å²) in [5.74, 6) is 3.55. The molecule has 0 fully saturated rings. The molecule has 1 N–H and O–H groups in total. The number of hydrogen-bond donors (Lipinski definition) is 1. The van der Waals surface area contributed by atoms with Gasteiger partial charge >= 0.3 is 0 Å². The largest absolute Gasteiger partial charge is 0.311 e. The van der Waals surface area contributed by atoms with Gasteiger partial charge in [0.1, 0.15) is 13.9 Å². The zero-order valence-corrected chi connectivity index (χ0v) is 11.1. The van der Waals surface area contributed by atoms with Crippen molar-refractivity contribution in [3.05, 3.63) is 23.9 Å². The van der Waals surface area contributed by atoms with Gasteiger partial charge in [0.15, 0.2) is 0 Å². The summed E-state index contributed by atoms with van der Waals surface area (Å²) in [6.07, 6.45) is 1.68. The van der Waals surface area contributed by atoms with E-state index in [-0.39, 0.29) is 5.91 Å². The van der Waals surface area contributed by atoms with E-state index in [4.69, 9.17) is 0 Å². The van der Waals surface area contributed by atoms with E-state index in [1.165, 1.54) is 6.92 Å². The first-order chi connectivity index (χ1) is 7.37. The van der Waals surface area contributed by atoms with Crippen LogP contribution in [0.5, 0.6) is 0 Å².